The fourth-order valence-corrected chi connectivity index (χ4v) is 2.18. The monoisotopic (exact) mass is 266 g/mol. The van der Waals surface area contributed by atoms with E-state index >= 15 is 0 Å². The van der Waals surface area contributed by atoms with E-state index < -0.39 is 18.6 Å². The van der Waals surface area contributed by atoms with Crippen molar-refractivity contribution in [2.75, 3.05) is 19.6 Å². The normalized spacial score (nSPS) is 24.9. The van der Waals surface area contributed by atoms with Gasteiger partial charge < -0.3 is 10.6 Å². The average Bonchev–Trinajstić information content (AvgIpc) is 2.28. The van der Waals surface area contributed by atoms with E-state index in [4.69, 9.17) is 0 Å². The summed E-state index contributed by atoms with van der Waals surface area (Å²) in [7, 11) is 0. The van der Waals surface area contributed by atoms with Crippen LogP contribution in [0.15, 0.2) is 0 Å². The van der Waals surface area contributed by atoms with Crippen LogP contribution in [0.2, 0.25) is 0 Å². The van der Waals surface area contributed by atoms with Crippen LogP contribution in [0.5, 0.6) is 0 Å². The van der Waals surface area contributed by atoms with Crippen LogP contribution in [0.4, 0.5) is 13.2 Å². The topological polar surface area (TPSA) is 41.1 Å². The van der Waals surface area contributed by atoms with E-state index in [1.54, 1.807) is 0 Å². The molecule has 1 saturated carbocycles. The molecule has 0 atom stereocenters. The van der Waals surface area contributed by atoms with Crippen LogP contribution in [0.1, 0.15) is 32.6 Å². The number of nitrogens with one attached hydrogen (secondary N) is 2. The molecule has 2 N–H and O–H groups in total. The lowest BCUT2D eigenvalue weighted by Gasteiger charge is -2.26. The SMILES string of the molecule is CC1CCC(CNCC(=O)NCC(F)(F)F)CC1. The second-order valence-corrected chi connectivity index (χ2v) is 5.15. The van der Waals surface area contributed by atoms with Gasteiger partial charge in [0.15, 0.2) is 0 Å². The highest BCUT2D eigenvalue weighted by molar-refractivity contribution is 5.77. The summed E-state index contributed by atoms with van der Waals surface area (Å²) in [4.78, 5) is 11.1. The molecule has 0 aromatic rings. The van der Waals surface area contributed by atoms with Gasteiger partial charge in [0.25, 0.3) is 0 Å². The van der Waals surface area contributed by atoms with Crippen LogP contribution < -0.4 is 10.6 Å². The van der Waals surface area contributed by atoms with Gasteiger partial charge in [-0.05, 0) is 31.2 Å². The Bertz CT molecular complexity index is 261. The molecule has 0 bridgehead atoms. The number of carbonyl (C=O) groups excluding carboxylic acids is 1. The molecule has 0 aromatic heterocycles. The Kier molecular flexibility index (Phi) is 5.91. The summed E-state index contributed by atoms with van der Waals surface area (Å²) < 4.78 is 35.5. The minimum Gasteiger partial charge on any atom is -0.346 e. The predicted molar refractivity (Wildman–Crippen MR) is 63.1 cm³/mol. The zero-order chi connectivity index (χ0) is 13.6. The van der Waals surface area contributed by atoms with Crippen LogP contribution in [0, 0.1) is 11.8 Å². The summed E-state index contributed by atoms with van der Waals surface area (Å²) in [6.07, 6.45) is 0.338. The number of hydrogen-bond donors (Lipinski definition) is 2. The molecule has 18 heavy (non-hydrogen) atoms. The van der Waals surface area contributed by atoms with Gasteiger partial charge in [0.05, 0.1) is 6.54 Å². The number of rotatable bonds is 5. The molecule has 0 unspecified atom stereocenters. The highest BCUT2D eigenvalue weighted by Gasteiger charge is 2.27. The second kappa shape index (κ2) is 6.97. The summed E-state index contributed by atoms with van der Waals surface area (Å²) in [5.41, 5.74) is 0. The second-order valence-electron chi connectivity index (χ2n) is 5.15. The van der Waals surface area contributed by atoms with Crippen molar-refractivity contribution in [1.29, 1.82) is 0 Å². The predicted octanol–water partition coefficient (Wildman–Crippen LogP) is 2.08. The molecule has 6 heteroatoms. The smallest absolute Gasteiger partial charge is 0.346 e. The van der Waals surface area contributed by atoms with Gasteiger partial charge in [-0.15, -0.1) is 0 Å². The Morgan fingerprint density at radius 2 is 1.83 bits per heavy atom. The zero-order valence-electron chi connectivity index (χ0n) is 10.6. The molecule has 0 heterocycles. The summed E-state index contributed by atoms with van der Waals surface area (Å²) in [5.74, 6) is 0.726. The molecule has 0 aliphatic heterocycles. The number of alkyl halides is 3. The molecule has 0 aromatic carbocycles. The number of amides is 1. The third kappa shape index (κ3) is 6.83. The van der Waals surface area contributed by atoms with E-state index in [0.717, 1.165) is 18.8 Å². The Morgan fingerprint density at radius 3 is 2.39 bits per heavy atom. The van der Waals surface area contributed by atoms with E-state index in [0.29, 0.717) is 12.5 Å². The van der Waals surface area contributed by atoms with Crippen molar-refractivity contribution < 1.29 is 18.0 Å². The third-order valence-corrected chi connectivity index (χ3v) is 3.34. The summed E-state index contributed by atoms with van der Waals surface area (Å²) >= 11 is 0. The van der Waals surface area contributed by atoms with Crippen LogP contribution in [0.3, 0.4) is 0 Å². The molecule has 3 nitrogen and oxygen atoms in total. The van der Waals surface area contributed by atoms with Crippen molar-refractivity contribution in [3.05, 3.63) is 0 Å². The zero-order valence-corrected chi connectivity index (χ0v) is 10.6. The van der Waals surface area contributed by atoms with Gasteiger partial charge in [0.2, 0.25) is 5.91 Å². The van der Waals surface area contributed by atoms with E-state index in [1.165, 1.54) is 12.8 Å². The van der Waals surface area contributed by atoms with E-state index in [-0.39, 0.29) is 6.54 Å². The Morgan fingerprint density at radius 1 is 1.22 bits per heavy atom. The van der Waals surface area contributed by atoms with Gasteiger partial charge in [-0.2, -0.15) is 13.2 Å². The summed E-state index contributed by atoms with van der Waals surface area (Å²) in [6.45, 7) is 1.65. The highest BCUT2D eigenvalue weighted by atomic mass is 19.4. The van der Waals surface area contributed by atoms with Crippen LogP contribution in [-0.4, -0.2) is 31.7 Å². The molecule has 0 spiro atoms. The Labute approximate surface area is 106 Å². The first-order valence-corrected chi connectivity index (χ1v) is 6.41. The average molecular weight is 266 g/mol. The fourth-order valence-electron chi connectivity index (χ4n) is 2.18. The molecule has 1 rings (SSSR count). The minimum absolute atomic E-state index is 0.0396. The molecule has 1 amide bonds. The van der Waals surface area contributed by atoms with E-state index in [2.05, 4.69) is 12.2 Å². The first kappa shape index (κ1) is 15.3. The minimum atomic E-state index is -4.34. The Hall–Kier alpha value is -0.780. The first-order chi connectivity index (χ1) is 8.37. The van der Waals surface area contributed by atoms with Crippen molar-refractivity contribution in [3.63, 3.8) is 0 Å². The molecule has 1 aliphatic rings. The lowest BCUT2D eigenvalue weighted by Crippen LogP contribution is -2.40. The number of halogens is 3. The maximum Gasteiger partial charge on any atom is 0.405 e. The molecular formula is C12H21F3N2O. The molecule has 0 saturated heterocycles. The van der Waals surface area contributed by atoms with Crippen molar-refractivity contribution >= 4 is 5.91 Å². The Balaban J connectivity index is 2.05. The van der Waals surface area contributed by atoms with Crippen molar-refractivity contribution in [2.45, 2.75) is 38.8 Å². The molecule has 106 valence electrons. The fraction of sp³-hybridized carbons (Fsp3) is 0.917. The first-order valence-electron chi connectivity index (χ1n) is 6.41. The van der Waals surface area contributed by atoms with Gasteiger partial charge in [0.1, 0.15) is 6.54 Å². The third-order valence-electron chi connectivity index (χ3n) is 3.34. The quantitative estimate of drug-likeness (QED) is 0.800. The summed E-state index contributed by atoms with van der Waals surface area (Å²) in [5, 5.41) is 4.77. The summed E-state index contributed by atoms with van der Waals surface area (Å²) in [6, 6.07) is 0. The van der Waals surface area contributed by atoms with Crippen LogP contribution >= 0.6 is 0 Å². The van der Waals surface area contributed by atoms with Gasteiger partial charge in [-0.25, -0.2) is 0 Å². The van der Waals surface area contributed by atoms with Crippen LogP contribution in [0.25, 0.3) is 0 Å². The van der Waals surface area contributed by atoms with E-state index in [1.807, 2.05) is 5.32 Å². The highest BCUT2D eigenvalue weighted by Crippen LogP contribution is 2.27. The standard InChI is InChI=1S/C12H21F3N2O/c1-9-2-4-10(5-3-9)6-16-7-11(18)17-8-12(13,14)15/h9-10,16H,2-8H2,1H3,(H,17,18). The molecule has 0 radical (unpaired) electrons. The van der Waals surface area contributed by atoms with Gasteiger partial charge in [-0.3, -0.25) is 4.79 Å². The molecular weight excluding hydrogens is 245 g/mol. The van der Waals surface area contributed by atoms with Gasteiger partial charge in [-0.1, -0.05) is 19.8 Å². The lowest BCUT2D eigenvalue weighted by atomic mass is 9.83. The van der Waals surface area contributed by atoms with Crippen molar-refractivity contribution in [2.24, 2.45) is 11.8 Å². The number of hydrogen-bond acceptors (Lipinski definition) is 2. The number of carbonyl (C=O) groups is 1. The van der Waals surface area contributed by atoms with E-state index in [9.17, 15) is 18.0 Å². The lowest BCUT2D eigenvalue weighted by molar-refractivity contribution is -0.137. The molecule has 1 fully saturated rings. The largest absolute Gasteiger partial charge is 0.405 e. The van der Waals surface area contributed by atoms with Crippen molar-refractivity contribution in [3.8, 4) is 0 Å². The van der Waals surface area contributed by atoms with Gasteiger partial charge in [0, 0.05) is 0 Å². The van der Waals surface area contributed by atoms with Gasteiger partial charge >= 0.3 is 6.18 Å². The maximum absolute atomic E-state index is 11.8. The molecule has 1 aliphatic carbocycles. The maximum atomic E-state index is 11.8. The van der Waals surface area contributed by atoms with Crippen molar-refractivity contribution in [1.82, 2.24) is 10.6 Å². The van der Waals surface area contributed by atoms with Crippen LogP contribution in [-0.2, 0) is 4.79 Å².